The molecule has 1 unspecified atom stereocenters. The van der Waals surface area contributed by atoms with Crippen molar-refractivity contribution in [1.82, 2.24) is 5.32 Å². The molecule has 0 amide bonds. The molecule has 1 atom stereocenters. The van der Waals surface area contributed by atoms with Gasteiger partial charge in [0.2, 0.25) is 0 Å². The highest BCUT2D eigenvalue weighted by Gasteiger charge is 2.25. The third kappa shape index (κ3) is 2.36. The first-order chi connectivity index (χ1) is 8.09. The third-order valence-electron chi connectivity index (χ3n) is 2.97. The highest BCUT2D eigenvalue weighted by Crippen LogP contribution is 2.37. The summed E-state index contributed by atoms with van der Waals surface area (Å²) in [6.45, 7) is 0.772. The van der Waals surface area contributed by atoms with E-state index in [1.807, 2.05) is 0 Å². The first-order valence-corrected chi connectivity index (χ1v) is 5.50. The average molecular weight is 240 g/mol. The van der Waals surface area contributed by atoms with Crippen LogP contribution in [0.15, 0.2) is 12.1 Å². The Morgan fingerprint density at radius 2 is 2.24 bits per heavy atom. The van der Waals surface area contributed by atoms with Crippen molar-refractivity contribution in [2.24, 2.45) is 0 Å². The predicted molar refractivity (Wildman–Crippen MR) is 59.3 cm³/mol. The summed E-state index contributed by atoms with van der Waals surface area (Å²) in [4.78, 5) is 9.89. The van der Waals surface area contributed by atoms with Gasteiger partial charge in [-0.1, -0.05) is 6.42 Å². The summed E-state index contributed by atoms with van der Waals surface area (Å²) in [5.41, 5.74) is -0.302. The minimum Gasteiger partial charge on any atom is -0.502 e. The number of benzene rings is 1. The van der Waals surface area contributed by atoms with E-state index in [0.29, 0.717) is 0 Å². The summed E-state index contributed by atoms with van der Waals surface area (Å²) in [5, 5.41) is 23.6. The van der Waals surface area contributed by atoms with Gasteiger partial charge in [-0.3, -0.25) is 10.1 Å². The van der Waals surface area contributed by atoms with Crippen LogP contribution in [-0.4, -0.2) is 16.6 Å². The number of hydrogen-bond acceptors (Lipinski definition) is 4. The number of halogens is 1. The lowest BCUT2D eigenvalue weighted by atomic mass is 9.96. The number of nitrogens with one attached hydrogen (secondary N) is 1. The minimum atomic E-state index is -0.773. The summed E-state index contributed by atoms with van der Waals surface area (Å²) in [7, 11) is 0. The first-order valence-electron chi connectivity index (χ1n) is 5.50. The smallest absolute Gasteiger partial charge is 0.313 e. The molecule has 17 heavy (non-hydrogen) atoms. The molecule has 5 nitrogen and oxygen atoms in total. The van der Waals surface area contributed by atoms with Crippen molar-refractivity contribution in [3.8, 4) is 5.75 Å². The van der Waals surface area contributed by atoms with Crippen LogP contribution in [0.5, 0.6) is 5.75 Å². The van der Waals surface area contributed by atoms with Gasteiger partial charge >= 0.3 is 5.69 Å². The average Bonchev–Trinajstić information content (AvgIpc) is 2.32. The molecule has 1 aromatic carbocycles. The lowest BCUT2D eigenvalue weighted by Crippen LogP contribution is -2.27. The Bertz CT molecular complexity index is 445. The van der Waals surface area contributed by atoms with Gasteiger partial charge in [-0.2, -0.15) is 0 Å². The number of phenols is 1. The zero-order chi connectivity index (χ0) is 12.4. The number of rotatable bonds is 2. The van der Waals surface area contributed by atoms with Gasteiger partial charge in [0.25, 0.3) is 0 Å². The van der Waals surface area contributed by atoms with Crippen LogP contribution in [0, 0.1) is 15.9 Å². The largest absolute Gasteiger partial charge is 0.502 e. The molecule has 1 heterocycles. The van der Waals surface area contributed by atoms with Crippen LogP contribution in [0.4, 0.5) is 10.1 Å². The van der Waals surface area contributed by atoms with Crippen LogP contribution >= 0.6 is 0 Å². The number of phenolic OH excluding ortho intramolecular Hbond substituents is 1. The van der Waals surface area contributed by atoms with Gasteiger partial charge in [0.1, 0.15) is 5.82 Å². The topological polar surface area (TPSA) is 75.4 Å². The number of piperidine rings is 1. The molecule has 6 heteroatoms. The fourth-order valence-electron chi connectivity index (χ4n) is 2.13. The fraction of sp³-hybridized carbons (Fsp3) is 0.455. The number of nitrogens with zero attached hydrogens (tertiary/aromatic N) is 1. The molecule has 1 aliphatic heterocycles. The van der Waals surface area contributed by atoms with E-state index in [-0.39, 0.29) is 11.6 Å². The van der Waals surface area contributed by atoms with Crippen molar-refractivity contribution in [2.75, 3.05) is 6.54 Å². The summed E-state index contributed by atoms with van der Waals surface area (Å²) in [5.74, 6) is -1.13. The Kier molecular flexibility index (Phi) is 3.23. The third-order valence-corrected chi connectivity index (χ3v) is 2.97. The van der Waals surface area contributed by atoms with E-state index in [1.165, 1.54) is 0 Å². The number of hydrogen-bond donors (Lipinski definition) is 2. The number of aromatic hydroxyl groups is 1. The lowest BCUT2D eigenvalue weighted by molar-refractivity contribution is -0.386. The molecule has 1 aliphatic rings. The van der Waals surface area contributed by atoms with Crippen molar-refractivity contribution in [3.63, 3.8) is 0 Å². The molecule has 0 radical (unpaired) electrons. The van der Waals surface area contributed by atoms with E-state index in [9.17, 15) is 19.6 Å². The number of nitro benzene ring substituents is 1. The summed E-state index contributed by atoms with van der Waals surface area (Å²) >= 11 is 0. The molecule has 0 spiro atoms. The fourth-order valence-corrected chi connectivity index (χ4v) is 2.13. The van der Waals surface area contributed by atoms with Crippen LogP contribution < -0.4 is 5.32 Å². The lowest BCUT2D eigenvalue weighted by Gasteiger charge is -2.24. The van der Waals surface area contributed by atoms with Crippen LogP contribution in [0.2, 0.25) is 0 Å². The molecule has 2 rings (SSSR count). The quantitative estimate of drug-likeness (QED) is 0.614. The maximum absolute atomic E-state index is 13.3. The van der Waals surface area contributed by atoms with Gasteiger partial charge < -0.3 is 10.4 Å². The molecule has 0 aliphatic carbocycles. The van der Waals surface area contributed by atoms with E-state index in [0.717, 1.165) is 37.9 Å². The van der Waals surface area contributed by atoms with Gasteiger partial charge in [0.15, 0.2) is 5.75 Å². The molecule has 1 saturated heterocycles. The Morgan fingerprint density at radius 1 is 1.47 bits per heavy atom. The SMILES string of the molecule is O=[N+]([O-])c1cc(F)cc(C2CCCCN2)c1O. The van der Waals surface area contributed by atoms with Crippen molar-refractivity contribution < 1.29 is 14.4 Å². The van der Waals surface area contributed by atoms with Crippen molar-refractivity contribution in [3.05, 3.63) is 33.6 Å². The maximum atomic E-state index is 13.3. The Hall–Kier alpha value is -1.69. The number of nitro groups is 1. The van der Waals surface area contributed by atoms with Gasteiger partial charge in [-0.15, -0.1) is 0 Å². The summed E-state index contributed by atoms with van der Waals surface area (Å²) in [6.07, 6.45) is 2.73. The second kappa shape index (κ2) is 4.67. The molecule has 0 aromatic heterocycles. The second-order valence-corrected chi connectivity index (χ2v) is 4.12. The molecule has 0 bridgehead atoms. The minimum absolute atomic E-state index is 0.210. The van der Waals surface area contributed by atoms with E-state index in [2.05, 4.69) is 5.32 Å². The van der Waals surface area contributed by atoms with Gasteiger partial charge in [0.05, 0.1) is 11.0 Å². The summed E-state index contributed by atoms with van der Waals surface area (Å²) in [6, 6.07) is 1.69. The zero-order valence-corrected chi connectivity index (χ0v) is 9.15. The van der Waals surface area contributed by atoms with Gasteiger partial charge in [-0.05, 0) is 25.5 Å². The van der Waals surface area contributed by atoms with E-state index in [4.69, 9.17) is 0 Å². The van der Waals surface area contributed by atoms with E-state index in [1.54, 1.807) is 0 Å². The Labute approximate surface area is 97.4 Å². The zero-order valence-electron chi connectivity index (χ0n) is 9.15. The van der Waals surface area contributed by atoms with Gasteiger partial charge in [0, 0.05) is 11.6 Å². The van der Waals surface area contributed by atoms with Crippen LogP contribution in [-0.2, 0) is 0 Å². The first kappa shape index (κ1) is 11.8. The maximum Gasteiger partial charge on any atom is 0.313 e. The normalized spacial score (nSPS) is 20.2. The van der Waals surface area contributed by atoms with Crippen molar-refractivity contribution in [1.29, 1.82) is 0 Å². The van der Waals surface area contributed by atoms with E-state index < -0.39 is 22.2 Å². The van der Waals surface area contributed by atoms with Crippen LogP contribution in [0.3, 0.4) is 0 Å². The van der Waals surface area contributed by atoms with Crippen molar-refractivity contribution in [2.45, 2.75) is 25.3 Å². The molecular formula is C11H13FN2O3. The second-order valence-electron chi connectivity index (χ2n) is 4.12. The molecule has 92 valence electrons. The monoisotopic (exact) mass is 240 g/mol. The predicted octanol–water partition coefficient (Wildman–Crippen LogP) is 2.25. The molecule has 1 fully saturated rings. The molecule has 1 aromatic rings. The Morgan fingerprint density at radius 3 is 2.82 bits per heavy atom. The molecule has 2 N–H and O–H groups in total. The highest BCUT2D eigenvalue weighted by molar-refractivity contribution is 5.52. The van der Waals surface area contributed by atoms with Gasteiger partial charge in [-0.25, -0.2) is 4.39 Å². The standard InChI is InChI=1S/C11H13FN2O3/c12-7-5-8(9-3-1-2-4-13-9)11(15)10(6-7)14(16)17/h5-6,9,13,15H,1-4H2. The van der Waals surface area contributed by atoms with Crippen LogP contribution in [0.1, 0.15) is 30.9 Å². The highest BCUT2D eigenvalue weighted by atomic mass is 19.1. The van der Waals surface area contributed by atoms with Crippen LogP contribution in [0.25, 0.3) is 0 Å². The van der Waals surface area contributed by atoms with Crippen molar-refractivity contribution >= 4 is 5.69 Å². The van der Waals surface area contributed by atoms with E-state index >= 15 is 0 Å². The molecule has 0 saturated carbocycles. The summed E-state index contributed by atoms with van der Waals surface area (Å²) < 4.78 is 13.3. The molecular weight excluding hydrogens is 227 g/mol. The Balaban J connectivity index is 2.41.